The quantitative estimate of drug-likeness (QED) is 0.186. The lowest BCUT2D eigenvalue weighted by Gasteiger charge is -2.53. The van der Waals surface area contributed by atoms with Gasteiger partial charge in [-0.2, -0.15) is 0 Å². The normalized spacial score (nSPS) is 28.5. The number of carbonyl (C=O) groups is 5. The molecule has 1 aromatic carbocycles. The predicted molar refractivity (Wildman–Crippen MR) is 138 cm³/mol. The molecule has 1 aromatic rings. The fourth-order valence-corrected chi connectivity index (χ4v) is 5.79. The van der Waals surface area contributed by atoms with Crippen molar-refractivity contribution in [1.82, 2.24) is 4.90 Å². The second-order valence-corrected chi connectivity index (χ2v) is 10.1. The number of phenolic OH excluding ortho intramolecular Hbond substituents is 1. The number of fused-ring (bicyclic) bond motifs is 3. The Morgan fingerprint density at radius 1 is 1.02 bits per heavy atom. The van der Waals surface area contributed by atoms with Crippen LogP contribution in [0.15, 0.2) is 35.1 Å². The summed E-state index contributed by atoms with van der Waals surface area (Å²) in [4.78, 5) is 59.2. The van der Waals surface area contributed by atoms with Gasteiger partial charge in [-0.15, -0.1) is 0 Å². The van der Waals surface area contributed by atoms with Gasteiger partial charge in [0.05, 0.1) is 36.5 Å². The van der Waals surface area contributed by atoms with E-state index in [4.69, 9.17) is 15.9 Å². The summed E-state index contributed by atoms with van der Waals surface area (Å²) in [6.07, 6.45) is -2.18. The molecule has 11 N–H and O–H groups in total. The van der Waals surface area contributed by atoms with Crippen LogP contribution in [0.2, 0.25) is 0 Å². The highest BCUT2D eigenvalue weighted by Crippen LogP contribution is 2.55. The Labute approximate surface area is 232 Å². The zero-order chi connectivity index (χ0) is 30.4. The van der Waals surface area contributed by atoms with Crippen molar-refractivity contribution in [3.8, 4) is 5.75 Å². The summed E-state index contributed by atoms with van der Waals surface area (Å²) < 4.78 is 0. The summed E-state index contributed by atoms with van der Waals surface area (Å²) in [5.41, 5.74) is 1.47. The highest BCUT2D eigenvalue weighted by Gasteiger charge is 2.68. The summed E-state index contributed by atoms with van der Waals surface area (Å²) >= 11 is 0. The minimum absolute atomic E-state index is 0. The number of phenols is 1. The number of Topliss-reactive ketones (excluding diaryl/α,β-unsaturated/α-hetero) is 2. The molecule has 41 heavy (non-hydrogen) atoms. The van der Waals surface area contributed by atoms with Crippen molar-refractivity contribution in [2.45, 2.75) is 43.4 Å². The minimum atomic E-state index is -2.89. The molecule has 3 aliphatic carbocycles. The van der Waals surface area contributed by atoms with Crippen LogP contribution in [0.4, 0.5) is 0 Å². The molecule has 0 heterocycles. The van der Waals surface area contributed by atoms with Crippen molar-refractivity contribution < 1.29 is 65.2 Å². The van der Waals surface area contributed by atoms with Gasteiger partial charge in [0.15, 0.2) is 11.4 Å². The first-order valence-electron chi connectivity index (χ1n) is 12.1. The van der Waals surface area contributed by atoms with Gasteiger partial charge in [-0.25, -0.2) is 0 Å². The molecule has 0 aliphatic heterocycles. The molecular formula is C26H32N2O13. The summed E-state index contributed by atoms with van der Waals surface area (Å²) in [7, 11) is 2.92. The summed E-state index contributed by atoms with van der Waals surface area (Å²) in [6.45, 7) is 1.68. The number of ketones is 2. The molecule has 0 spiro atoms. The lowest BCUT2D eigenvalue weighted by molar-refractivity contribution is -0.169. The summed E-state index contributed by atoms with van der Waals surface area (Å²) in [5.74, 6) is -11.0. The molecule has 15 nitrogen and oxygen atoms in total. The maximum atomic E-state index is 13.7. The molecular weight excluding hydrogens is 548 g/mol. The standard InChI is InChI=1S/C22H24N2O8.C4H6O4.H2O/c1-7-8-5-4-6-9(25)11(8)16(26)12-10(7)17(27)14-15(24(2)3)18(28)13(21(23)31)20(30)22(14,32)19(12)29;5-3(6)1-2-4(7)8;/h4-7,10,14-15,17,25-27,30,32H,1-3H3,(H2,23,31);1-2H2,(H,5,6)(H,7,8);1H2/t7-,10+,14+,15-,17-,22-;;/m0../s1. The van der Waals surface area contributed by atoms with E-state index in [0.29, 0.717) is 5.56 Å². The van der Waals surface area contributed by atoms with Crippen molar-refractivity contribution in [2.24, 2.45) is 17.6 Å². The molecule has 15 heteroatoms. The number of carbonyl (C=O) groups excluding carboxylic acids is 3. The van der Waals surface area contributed by atoms with Gasteiger partial charge in [0.1, 0.15) is 22.8 Å². The second kappa shape index (κ2) is 11.7. The summed E-state index contributed by atoms with van der Waals surface area (Å²) in [6, 6.07) is 3.13. The van der Waals surface area contributed by atoms with Gasteiger partial charge in [-0.1, -0.05) is 19.1 Å². The number of aliphatic hydroxyl groups excluding tert-OH is 3. The van der Waals surface area contributed by atoms with Gasteiger partial charge >= 0.3 is 11.9 Å². The highest BCUT2D eigenvalue weighted by atomic mass is 16.4. The lowest BCUT2D eigenvalue weighted by atomic mass is 9.54. The van der Waals surface area contributed by atoms with Crippen LogP contribution >= 0.6 is 0 Å². The Balaban J connectivity index is 0.000000574. The van der Waals surface area contributed by atoms with Crippen molar-refractivity contribution in [1.29, 1.82) is 0 Å². The number of benzene rings is 1. The minimum Gasteiger partial charge on any atom is -0.508 e. The largest absolute Gasteiger partial charge is 0.508 e. The lowest BCUT2D eigenvalue weighted by Crippen LogP contribution is -2.70. The molecule has 0 saturated heterocycles. The van der Waals surface area contributed by atoms with E-state index in [1.54, 1.807) is 19.1 Å². The molecule has 0 unspecified atom stereocenters. The van der Waals surface area contributed by atoms with Crippen molar-refractivity contribution in [2.75, 3.05) is 14.1 Å². The van der Waals surface area contributed by atoms with E-state index < -0.39 is 87.6 Å². The number of carboxylic acids is 2. The number of aliphatic hydroxyl groups is 4. The number of nitrogens with two attached hydrogens (primary N) is 1. The molecule has 1 fully saturated rings. The number of nitrogens with zero attached hydrogens (tertiary/aromatic N) is 1. The fourth-order valence-electron chi connectivity index (χ4n) is 5.79. The molecule has 1 amide bonds. The van der Waals surface area contributed by atoms with E-state index in [9.17, 15) is 49.5 Å². The smallest absolute Gasteiger partial charge is 0.303 e. The zero-order valence-corrected chi connectivity index (χ0v) is 22.2. The Hall–Kier alpha value is -4.31. The Morgan fingerprint density at radius 2 is 1.56 bits per heavy atom. The molecule has 4 rings (SSSR count). The number of carboxylic acid groups (broad SMARTS) is 2. The van der Waals surface area contributed by atoms with E-state index in [2.05, 4.69) is 0 Å². The number of aliphatic carboxylic acids is 2. The number of likely N-dealkylation sites (N-methyl/N-ethyl adjacent to an activating group) is 1. The molecule has 1 saturated carbocycles. The van der Waals surface area contributed by atoms with Crippen LogP contribution in [0.5, 0.6) is 5.75 Å². The number of rotatable bonds is 5. The van der Waals surface area contributed by atoms with Crippen LogP contribution in [-0.2, 0) is 24.0 Å². The van der Waals surface area contributed by atoms with Crippen molar-refractivity contribution in [3.63, 3.8) is 0 Å². The van der Waals surface area contributed by atoms with Crippen LogP contribution in [-0.4, -0.2) is 107 Å². The van der Waals surface area contributed by atoms with Crippen LogP contribution in [0.3, 0.4) is 0 Å². The average molecular weight is 581 g/mol. The first kappa shape index (κ1) is 32.9. The number of hydrogen-bond acceptors (Lipinski definition) is 11. The van der Waals surface area contributed by atoms with Gasteiger partial charge in [-0.05, 0) is 31.6 Å². The van der Waals surface area contributed by atoms with Gasteiger partial charge in [-0.3, -0.25) is 28.9 Å². The van der Waals surface area contributed by atoms with E-state index >= 15 is 0 Å². The maximum absolute atomic E-state index is 13.7. The van der Waals surface area contributed by atoms with Gasteiger partial charge in [0, 0.05) is 11.5 Å². The number of primary amides is 1. The van der Waals surface area contributed by atoms with Gasteiger partial charge < -0.3 is 47.0 Å². The van der Waals surface area contributed by atoms with Crippen LogP contribution in [0.1, 0.15) is 36.8 Å². The SMILES string of the molecule is C[C@H]1c2cccc(O)c2C(O)=C2C(=O)[C@]3(O)C(O)=C(C(N)=O)C(=O)[C@@H](N(C)C)[C@@H]3[C@@H](O)[C@@H]21.O.O=C(O)CCC(=O)O. The van der Waals surface area contributed by atoms with Crippen LogP contribution in [0.25, 0.3) is 5.76 Å². The molecule has 224 valence electrons. The number of amides is 1. The maximum Gasteiger partial charge on any atom is 0.303 e. The predicted octanol–water partition coefficient (Wildman–Crippen LogP) is -1.39. The molecule has 0 aromatic heterocycles. The molecule has 0 radical (unpaired) electrons. The third-order valence-electron chi connectivity index (χ3n) is 7.55. The average Bonchev–Trinajstić information content (AvgIpc) is 2.85. The third kappa shape index (κ3) is 5.15. The first-order chi connectivity index (χ1) is 18.5. The third-order valence-corrected chi connectivity index (χ3v) is 7.55. The highest BCUT2D eigenvalue weighted by molar-refractivity contribution is 6.24. The Kier molecular flexibility index (Phi) is 9.36. The van der Waals surface area contributed by atoms with Gasteiger partial charge in [0.2, 0.25) is 5.78 Å². The second-order valence-electron chi connectivity index (χ2n) is 10.1. The topological polar surface area (TPSA) is 288 Å². The Morgan fingerprint density at radius 3 is 2.02 bits per heavy atom. The molecule has 6 atom stereocenters. The van der Waals surface area contributed by atoms with E-state index in [0.717, 1.165) is 0 Å². The zero-order valence-electron chi connectivity index (χ0n) is 22.2. The first-order valence-corrected chi connectivity index (χ1v) is 12.1. The van der Waals surface area contributed by atoms with E-state index in [1.807, 2.05) is 0 Å². The van der Waals surface area contributed by atoms with Gasteiger partial charge in [0.25, 0.3) is 5.91 Å². The fraction of sp³-hybridized carbons (Fsp3) is 0.423. The Bertz CT molecular complexity index is 1350. The summed E-state index contributed by atoms with van der Waals surface area (Å²) in [5, 5.41) is 70.7. The number of hydrogen-bond donors (Lipinski definition) is 8. The van der Waals surface area contributed by atoms with Crippen LogP contribution in [0, 0.1) is 11.8 Å². The molecule has 3 aliphatic rings. The number of aromatic hydroxyl groups is 1. The molecule has 0 bridgehead atoms. The van der Waals surface area contributed by atoms with E-state index in [1.165, 1.54) is 25.1 Å². The van der Waals surface area contributed by atoms with Crippen molar-refractivity contribution in [3.05, 3.63) is 46.2 Å². The van der Waals surface area contributed by atoms with Crippen LogP contribution < -0.4 is 5.73 Å². The van der Waals surface area contributed by atoms with Crippen molar-refractivity contribution >= 4 is 35.2 Å². The van der Waals surface area contributed by atoms with E-state index in [-0.39, 0.29) is 29.6 Å². The monoisotopic (exact) mass is 580 g/mol.